The van der Waals surface area contributed by atoms with Crippen LogP contribution in [0.4, 0.5) is 0 Å². The fourth-order valence-electron chi connectivity index (χ4n) is 10.3. The Balaban J connectivity index is 0.000000322. The zero-order valence-corrected chi connectivity index (χ0v) is 51.7. The molecule has 6 rings (SSSR count). The number of cyclic esters (lactones) is 2. The Labute approximate surface area is 503 Å². The summed E-state index contributed by atoms with van der Waals surface area (Å²) in [5.41, 5.74) is 1.31. The van der Waals surface area contributed by atoms with Gasteiger partial charge in [-0.15, -0.1) is 0 Å². The smallest absolute Gasteiger partial charge is 0.355 e. The van der Waals surface area contributed by atoms with Crippen molar-refractivity contribution in [1.82, 2.24) is 35.3 Å². The summed E-state index contributed by atoms with van der Waals surface area (Å²) in [6.45, 7) is 20.9. The number of fused-ring (bicyclic) bond motifs is 6. The standard InChI is InChI=1S/C34H50N4O9S.C28H35N3O7/c1-7-37(8-2)16-17-48(44,45)28-13-15-38-31(28)34(43)47-32(22(3)4)24(6)11-12-29(41)35-14-9-10-23(5)18-25(39)19-26(40)20-30-36-27(21-46-30)33(38)42;1-17(2)26-19(4)9-10-24(34)29-11-5-7-18(3)13-20(32)14-21(33)15-25-30-22(16-37-25)27(35)31-12-6-8-23(31)28(36)38-26/h9-12,18,21-22,24-25,28,31-32,39H,7-8,13-17,19-20H2,1-6H3,(H,35,41);5,7-10,13,16-17,19-20,26,32H,6,11-12,14-15H2,1-4H3,(H,29,34)/b10-9-,12-11-,23-18-;7-5-,10-9-,18-13-/t24-,25+,28+,31?,32-;19-,20+,26-/m00/s1. The molecule has 2 aromatic heterocycles. The summed E-state index contributed by atoms with van der Waals surface area (Å²) in [4.78, 5) is 117. The summed E-state index contributed by atoms with van der Waals surface area (Å²) >= 11 is 0. The molecule has 4 aliphatic rings. The van der Waals surface area contributed by atoms with Gasteiger partial charge in [0, 0.05) is 57.4 Å². The molecular formula is C62H85N7O16S. The van der Waals surface area contributed by atoms with Gasteiger partial charge in [0.1, 0.15) is 48.0 Å². The van der Waals surface area contributed by atoms with E-state index >= 15 is 0 Å². The third-order valence-corrected chi connectivity index (χ3v) is 17.0. The molecule has 1 fully saturated rings. The lowest BCUT2D eigenvalue weighted by Gasteiger charge is -2.31. The molecule has 470 valence electrons. The second-order valence-corrected chi connectivity index (χ2v) is 24.9. The van der Waals surface area contributed by atoms with Crippen molar-refractivity contribution in [2.24, 2.45) is 23.7 Å². The summed E-state index contributed by atoms with van der Waals surface area (Å²) in [5, 5.41) is 24.9. The SMILES string of the molecule is CC1=C/[C@@H](O)CC(=O)Cc2nc(co2)C(=O)N2CCC=C2C(=O)O[C@@H](C(C)C)[C@@H](C)/C=C\C(=O)NC/C=C\1.CCN(CC)CCS(=O)(=O)[C@@H]1CCN2C(=O)c3coc(n3)CC(=O)C[C@H](O)/C=C(C)\C=C/CNC(=O)/C=C\[C@H](C)[C@H](C(C)C)OC(=O)C12. The molecule has 23 nitrogen and oxygen atoms in total. The van der Waals surface area contributed by atoms with Crippen LogP contribution in [0.2, 0.25) is 0 Å². The maximum absolute atomic E-state index is 14.0. The number of hydrogen-bond acceptors (Lipinski definition) is 19. The molecular weight excluding hydrogens is 1130 g/mol. The van der Waals surface area contributed by atoms with Gasteiger partial charge in [-0.05, 0) is 63.8 Å². The van der Waals surface area contributed by atoms with Crippen molar-refractivity contribution in [1.29, 1.82) is 0 Å². The van der Waals surface area contributed by atoms with Gasteiger partial charge in [0.25, 0.3) is 11.8 Å². The molecule has 0 saturated carbocycles. The van der Waals surface area contributed by atoms with Crippen molar-refractivity contribution >= 4 is 57.0 Å². The molecule has 1 unspecified atom stereocenters. The Morgan fingerprint density at radius 3 is 1.67 bits per heavy atom. The second kappa shape index (κ2) is 32.9. The molecule has 86 heavy (non-hydrogen) atoms. The third-order valence-electron chi connectivity index (χ3n) is 14.8. The Morgan fingerprint density at radius 2 is 1.19 bits per heavy atom. The van der Waals surface area contributed by atoms with Crippen molar-refractivity contribution in [3.05, 3.63) is 119 Å². The first kappa shape index (κ1) is 69.4. The van der Waals surface area contributed by atoms with E-state index in [1.165, 1.54) is 23.1 Å². The van der Waals surface area contributed by atoms with E-state index in [1.54, 1.807) is 69.4 Å². The first-order chi connectivity index (χ1) is 40.7. The number of rotatable bonds is 8. The average molecular weight is 1220 g/mol. The van der Waals surface area contributed by atoms with Crippen LogP contribution in [0.1, 0.15) is 128 Å². The fraction of sp³-hybridized carbons (Fsp3) is 0.548. The van der Waals surface area contributed by atoms with Gasteiger partial charge in [-0.1, -0.05) is 121 Å². The maximum Gasteiger partial charge on any atom is 0.355 e. The monoisotopic (exact) mass is 1220 g/mol. The van der Waals surface area contributed by atoms with Gasteiger partial charge in [-0.3, -0.25) is 28.8 Å². The molecule has 4 aliphatic heterocycles. The quantitative estimate of drug-likeness (QED) is 0.255. The highest BCUT2D eigenvalue weighted by Crippen LogP contribution is 2.31. The van der Waals surface area contributed by atoms with E-state index in [-0.39, 0.29) is 141 Å². The number of allylic oxidation sites excluding steroid dienone is 4. The highest BCUT2D eigenvalue weighted by molar-refractivity contribution is 7.92. The molecule has 4 N–H and O–H groups in total. The summed E-state index contributed by atoms with van der Waals surface area (Å²) in [6, 6.07) is -1.44. The lowest BCUT2D eigenvalue weighted by Crippen LogP contribution is -2.50. The van der Waals surface area contributed by atoms with Crippen LogP contribution in [0.5, 0.6) is 0 Å². The lowest BCUT2D eigenvalue weighted by molar-refractivity contribution is -0.158. The van der Waals surface area contributed by atoms with E-state index in [4.69, 9.17) is 18.3 Å². The number of ketones is 2. The van der Waals surface area contributed by atoms with Crippen LogP contribution < -0.4 is 10.6 Å². The van der Waals surface area contributed by atoms with Gasteiger partial charge in [-0.25, -0.2) is 28.0 Å². The molecule has 0 spiro atoms. The number of nitrogens with zero attached hydrogens (tertiary/aromatic N) is 5. The number of ether oxygens (including phenoxy) is 2. The summed E-state index contributed by atoms with van der Waals surface area (Å²) in [5.74, 6) is -5.29. The number of oxazole rings is 2. The van der Waals surface area contributed by atoms with Gasteiger partial charge in [0.15, 0.2) is 21.2 Å². The molecule has 4 amide bonds. The molecule has 0 radical (unpaired) electrons. The number of sulfone groups is 1. The van der Waals surface area contributed by atoms with Crippen molar-refractivity contribution in [3.63, 3.8) is 0 Å². The highest BCUT2D eigenvalue weighted by Gasteiger charge is 2.50. The minimum absolute atomic E-state index is 0.0243. The number of aliphatic hydroxyl groups excluding tert-OH is 2. The van der Waals surface area contributed by atoms with Crippen molar-refractivity contribution in [2.45, 2.75) is 143 Å². The van der Waals surface area contributed by atoms with Crippen LogP contribution in [0.15, 0.2) is 105 Å². The molecule has 0 aromatic carbocycles. The minimum atomic E-state index is -3.87. The normalized spacial score (nSPS) is 27.9. The van der Waals surface area contributed by atoms with E-state index in [0.29, 0.717) is 25.1 Å². The third kappa shape index (κ3) is 20.6. The topological polar surface area (TPSA) is 315 Å². The maximum atomic E-state index is 14.0. The number of aliphatic hydroxyl groups is 2. The van der Waals surface area contributed by atoms with E-state index in [2.05, 4.69) is 20.6 Å². The molecule has 1 saturated heterocycles. The van der Waals surface area contributed by atoms with Crippen LogP contribution in [-0.4, -0.2) is 178 Å². The number of nitrogens with one attached hydrogen (secondary N) is 2. The van der Waals surface area contributed by atoms with Crippen molar-refractivity contribution in [2.75, 3.05) is 51.6 Å². The molecule has 8 atom stereocenters. The van der Waals surface area contributed by atoms with Crippen LogP contribution in [-0.2, 0) is 60.9 Å². The molecule has 0 aliphatic carbocycles. The molecule has 6 heterocycles. The van der Waals surface area contributed by atoms with Gasteiger partial charge >= 0.3 is 11.9 Å². The number of carbonyl (C=O) groups excluding carboxylic acids is 8. The van der Waals surface area contributed by atoms with Gasteiger partial charge in [0.2, 0.25) is 23.6 Å². The van der Waals surface area contributed by atoms with E-state index in [9.17, 15) is 57.0 Å². The van der Waals surface area contributed by atoms with Crippen LogP contribution in [0, 0.1) is 23.7 Å². The zero-order chi connectivity index (χ0) is 63.4. The minimum Gasteiger partial charge on any atom is -0.460 e. The predicted octanol–water partition coefficient (Wildman–Crippen LogP) is 4.93. The number of aromatic nitrogens is 2. The largest absolute Gasteiger partial charge is 0.460 e. The van der Waals surface area contributed by atoms with Gasteiger partial charge in [0.05, 0.1) is 36.1 Å². The van der Waals surface area contributed by atoms with Crippen LogP contribution >= 0.6 is 0 Å². The van der Waals surface area contributed by atoms with E-state index in [0.717, 1.165) is 23.0 Å². The van der Waals surface area contributed by atoms with Crippen molar-refractivity contribution < 1.29 is 75.3 Å². The number of carbonyl (C=O) groups is 8. The molecule has 4 bridgehead atoms. The summed E-state index contributed by atoms with van der Waals surface area (Å²) < 4.78 is 50.0. The second-order valence-electron chi connectivity index (χ2n) is 22.5. The Morgan fingerprint density at radius 1 is 0.698 bits per heavy atom. The highest BCUT2D eigenvalue weighted by atomic mass is 32.2. The zero-order valence-electron chi connectivity index (χ0n) is 50.9. The number of Topliss-reactive ketones (excluding diaryl/α,β-unsaturated/α-hetero) is 2. The number of esters is 2. The lowest BCUT2D eigenvalue weighted by atomic mass is 9.94. The fourth-order valence-corrected chi connectivity index (χ4v) is 12.3. The summed E-state index contributed by atoms with van der Waals surface area (Å²) in [7, 11) is -3.87. The van der Waals surface area contributed by atoms with Crippen molar-refractivity contribution in [3.8, 4) is 0 Å². The molecule has 24 heteroatoms. The van der Waals surface area contributed by atoms with E-state index < -0.39 is 75.2 Å². The number of amides is 4. The van der Waals surface area contributed by atoms with Gasteiger partial charge < -0.3 is 53.9 Å². The Kier molecular flexibility index (Phi) is 26.5. The Bertz CT molecular complexity index is 3070. The summed E-state index contributed by atoms with van der Waals surface area (Å²) in [6.07, 6.45) is 16.2. The van der Waals surface area contributed by atoms with Crippen LogP contribution in [0.3, 0.4) is 0 Å². The first-order valence-electron chi connectivity index (χ1n) is 29.3. The van der Waals surface area contributed by atoms with E-state index in [1.807, 2.05) is 53.4 Å². The average Bonchev–Trinajstić information content (AvgIpc) is 1.87. The predicted molar refractivity (Wildman–Crippen MR) is 318 cm³/mol. The van der Waals surface area contributed by atoms with Gasteiger partial charge in [-0.2, -0.15) is 0 Å². The van der Waals surface area contributed by atoms with Crippen LogP contribution in [0.25, 0.3) is 0 Å². The number of hydrogen-bond donors (Lipinski definition) is 4. The Hall–Kier alpha value is -7.41. The molecule has 2 aromatic rings. The first-order valence-corrected chi connectivity index (χ1v) is 31.0.